The van der Waals surface area contributed by atoms with E-state index in [1.807, 2.05) is 0 Å². The van der Waals surface area contributed by atoms with Gasteiger partial charge >= 0.3 is 11.7 Å². The number of sulfonamides is 1. The summed E-state index contributed by atoms with van der Waals surface area (Å²) in [5.41, 5.74) is 4.37. The Morgan fingerprint density at radius 2 is 1.91 bits per heavy atom. The molecule has 0 aliphatic heterocycles. The van der Waals surface area contributed by atoms with E-state index >= 15 is 0 Å². The van der Waals surface area contributed by atoms with Crippen molar-refractivity contribution in [1.29, 1.82) is 0 Å². The molecule has 0 unspecified atom stereocenters. The van der Waals surface area contributed by atoms with Crippen molar-refractivity contribution in [2.75, 3.05) is 18.9 Å². The second-order valence-electron chi connectivity index (χ2n) is 6.94. The fraction of sp³-hybridized carbons (Fsp3) is 0.333. The fourth-order valence-electron chi connectivity index (χ4n) is 2.93. The molecule has 0 radical (unpaired) electrons. The molecule has 3 aromatic rings. The lowest BCUT2D eigenvalue weighted by atomic mass is 10.2. The van der Waals surface area contributed by atoms with E-state index in [1.165, 1.54) is 20.2 Å². The molecule has 0 spiro atoms. The van der Waals surface area contributed by atoms with Gasteiger partial charge in [0.1, 0.15) is 27.3 Å². The number of hydrogen-bond acceptors (Lipinski definition) is 11. The van der Waals surface area contributed by atoms with Crippen LogP contribution >= 0.6 is 11.7 Å². The Balaban J connectivity index is 1.53. The van der Waals surface area contributed by atoms with Crippen molar-refractivity contribution in [3.63, 3.8) is 0 Å². The highest BCUT2D eigenvalue weighted by atomic mass is 32.2. The lowest BCUT2D eigenvalue weighted by Crippen LogP contribution is -2.42. The van der Waals surface area contributed by atoms with Crippen molar-refractivity contribution >= 4 is 50.4 Å². The molecule has 0 bridgehead atoms. The van der Waals surface area contributed by atoms with Gasteiger partial charge in [-0.2, -0.15) is 8.75 Å². The van der Waals surface area contributed by atoms with Gasteiger partial charge in [-0.05, 0) is 18.6 Å². The zero-order valence-corrected chi connectivity index (χ0v) is 19.2. The number of aromatic nitrogens is 4. The van der Waals surface area contributed by atoms with Gasteiger partial charge in [-0.15, -0.1) is 0 Å². The van der Waals surface area contributed by atoms with Crippen molar-refractivity contribution in [3.05, 3.63) is 44.6 Å². The number of carbonyl (C=O) groups is 2. The molecular weight excluding hydrogens is 476 g/mol. The van der Waals surface area contributed by atoms with E-state index in [1.54, 1.807) is 12.1 Å². The van der Waals surface area contributed by atoms with E-state index in [9.17, 15) is 27.6 Å². The zero-order chi connectivity index (χ0) is 24.3. The molecule has 2 heterocycles. The van der Waals surface area contributed by atoms with Crippen LogP contribution in [0.2, 0.25) is 0 Å². The molecule has 0 saturated carbocycles. The molecule has 3 rings (SSSR count). The summed E-state index contributed by atoms with van der Waals surface area (Å²) in [5, 5.41) is 0. The number of hydrogen-bond donors (Lipinski definition) is 2. The van der Waals surface area contributed by atoms with Crippen LogP contribution in [0.4, 0.5) is 5.82 Å². The number of nitrogens with zero attached hydrogens (tertiary/aromatic N) is 4. The minimum atomic E-state index is -3.87. The van der Waals surface area contributed by atoms with E-state index in [0.717, 1.165) is 20.9 Å². The van der Waals surface area contributed by atoms with Gasteiger partial charge in [-0.3, -0.25) is 23.5 Å². The number of benzene rings is 1. The molecule has 15 heteroatoms. The summed E-state index contributed by atoms with van der Waals surface area (Å²) >= 11 is 0.899. The number of esters is 1. The number of anilines is 1. The molecular formula is C18H20N6O7S2. The first-order valence-electron chi connectivity index (χ1n) is 9.50. The van der Waals surface area contributed by atoms with E-state index < -0.39 is 45.2 Å². The maximum Gasteiger partial charge on any atom is 0.332 e. The standard InChI is InChI=1S/C18H20N6O7S2/c1-23-16(19)14(17(27)24(2)18(23)28)11(25)9-31-13(26)7-4-8-20-33(29,30)12-6-3-5-10-15(12)22-32-21-10/h3,5-6,20H,4,7-9,19H2,1-2H3. The van der Waals surface area contributed by atoms with Crippen LogP contribution in [-0.4, -0.2) is 51.2 Å². The SMILES string of the molecule is Cn1c(N)c(C(=O)COC(=O)CCCNS(=O)(=O)c2cccc3nsnc23)c(=O)n(C)c1=O. The Morgan fingerprint density at radius 3 is 2.64 bits per heavy atom. The molecule has 0 fully saturated rings. The summed E-state index contributed by atoms with van der Waals surface area (Å²) in [5.74, 6) is -1.96. The Kier molecular flexibility index (Phi) is 7.04. The van der Waals surface area contributed by atoms with Gasteiger partial charge in [0.25, 0.3) is 5.56 Å². The third kappa shape index (κ3) is 4.99. The van der Waals surface area contributed by atoms with Crippen molar-refractivity contribution in [2.45, 2.75) is 17.7 Å². The summed E-state index contributed by atoms with van der Waals surface area (Å²) < 4.78 is 41.9. The van der Waals surface area contributed by atoms with Crippen molar-refractivity contribution in [3.8, 4) is 0 Å². The Labute approximate surface area is 191 Å². The number of rotatable bonds is 9. The third-order valence-corrected chi connectivity index (χ3v) is 6.78. The average molecular weight is 497 g/mol. The van der Waals surface area contributed by atoms with E-state index in [0.29, 0.717) is 5.52 Å². The summed E-state index contributed by atoms with van der Waals surface area (Å²) in [6.45, 7) is -0.811. The molecule has 176 valence electrons. The first-order chi connectivity index (χ1) is 15.5. The largest absolute Gasteiger partial charge is 0.457 e. The van der Waals surface area contributed by atoms with Crippen molar-refractivity contribution in [1.82, 2.24) is 22.6 Å². The van der Waals surface area contributed by atoms with Crippen LogP contribution in [0.15, 0.2) is 32.7 Å². The normalized spacial score (nSPS) is 11.6. The molecule has 0 atom stereocenters. The van der Waals surface area contributed by atoms with E-state index in [-0.39, 0.29) is 35.6 Å². The fourth-order valence-corrected chi connectivity index (χ4v) is 4.77. The number of carbonyl (C=O) groups excluding carboxylic acids is 2. The maximum absolute atomic E-state index is 12.5. The average Bonchev–Trinajstić information content (AvgIpc) is 3.27. The van der Waals surface area contributed by atoms with Gasteiger partial charge in [0.15, 0.2) is 6.61 Å². The Morgan fingerprint density at radius 1 is 1.18 bits per heavy atom. The number of nitrogen functional groups attached to an aromatic ring is 1. The van der Waals surface area contributed by atoms with E-state index in [4.69, 9.17) is 10.5 Å². The lowest BCUT2D eigenvalue weighted by molar-refractivity contribution is -0.142. The quantitative estimate of drug-likeness (QED) is 0.215. The predicted octanol–water partition coefficient (Wildman–Crippen LogP) is -0.844. The molecule has 0 amide bonds. The van der Waals surface area contributed by atoms with Gasteiger partial charge < -0.3 is 10.5 Å². The van der Waals surface area contributed by atoms with Gasteiger partial charge in [0.2, 0.25) is 15.8 Å². The van der Waals surface area contributed by atoms with Gasteiger partial charge in [-0.1, -0.05) is 6.07 Å². The highest BCUT2D eigenvalue weighted by Crippen LogP contribution is 2.20. The molecule has 0 aliphatic rings. The highest BCUT2D eigenvalue weighted by Gasteiger charge is 2.22. The highest BCUT2D eigenvalue weighted by molar-refractivity contribution is 7.89. The maximum atomic E-state index is 12.5. The van der Waals surface area contributed by atoms with Crippen LogP contribution in [0.25, 0.3) is 11.0 Å². The minimum absolute atomic E-state index is 0.0154. The monoisotopic (exact) mass is 496 g/mol. The molecule has 3 N–H and O–H groups in total. The summed E-state index contributed by atoms with van der Waals surface area (Å²) in [7, 11) is -1.38. The smallest absolute Gasteiger partial charge is 0.332 e. The van der Waals surface area contributed by atoms with Gasteiger partial charge in [-0.25, -0.2) is 17.9 Å². The van der Waals surface area contributed by atoms with Crippen LogP contribution in [0.5, 0.6) is 0 Å². The molecule has 33 heavy (non-hydrogen) atoms. The minimum Gasteiger partial charge on any atom is -0.457 e. The van der Waals surface area contributed by atoms with E-state index in [2.05, 4.69) is 13.5 Å². The lowest BCUT2D eigenvalue weighted by Gasteiger charge is -2.11. The molecule has 13 nitrogen and oxygen atoms in total. The number of nitrogens with two attached hydrogens (primary N) is 1. The predicted molar refractivity (Wildman–Crippen MR) is 118 cm³/mol. The van der Waals surface area contributed by atoms with Crippen molar-refractivity contribution < 1.29 is 22.7 Å². The summed E-state index contributed by atoms with van der Waals surface area (Å²) in [6.07, 6.45) is -0.0830. The molecule has 1 aromatic carbocycles. The zero-order valence-electron chi connectivity index (χ0n) is 17.6. The van der Waals surface area contributed by atoms with Gasteiger partial charge in [0, 0.05) is 27.1 Å². The van der Waals surface area contributed by atoms with Crippen LogP contribution in [-0.2, 0) is 33.7 Å². The molecule has 0 aliphatic carbocycles. The number of Topliss-reactive ketones (excluding diaryl/α,β-unsaturated/α-hetero) is 1. The topological polar surface area (TPSA) is 185 Å². The summed E-state index contributed by atoms with van der Waals surface area (Å²) in [4.78, 5) is 48.2. The van der Waals surface area contributed by atoms with Crippen LogP contribution in [0.1, 0.15) is 23.2 Å². The number of ether oxygens (including phenoxy) is 1. The second-order valence-corrected chi connectivity index (χ2v) is 9.20. The van der Waals surface area contributed by atoms with Crippen LogP contribution in [0.3, 0.4) is 0 Å². The van der Waals surface area contributed by atoms with Crippen LogP contribution < -0.4 is 21.7 Å². The first kappa shape index (κ1) is 24.2. The molecule has 2 aromatic heterocycles. The molecule has 0 saturated heterocycles. The third-order valence-electron chi connectivity index (χ3n) is 4.74. The number of ketones is 1. The number of fused-ring (bicyclic) bond motifs is 1. The number of nitrogens with one attached hydrogen (secondary N) is 1. The van der Waals surface area contributed by atoms with Crippen molar-refractivity contribution in [2.24, 2.45) is 14.1 Å². The van der Waals surface area contributed by atoms with Crippen LogP contribution in [0, 0.1) is 0 Å². The first-order valence-corrected chi connectivity index (χ1v) is 11.7. The second kappa shape index (κ2) is 9.60. The summed E-state index contributed by atoms with van der Waals surface area (Å²) in [6, 6.07) is 4.60. The Hall–Kier alpha value is -3.43. The van der Waals surface area contributed by atoms with Gasteiger partial charge in [0.05, 0.1) is 11.7 Å². The Bertz CT molecular complexity index is 1460.